The molecule has 0 aliphatic rings. The Hall–Kier alpha value is -0.530. The van der Waals surface area contributed by atoms with Gasteiger partial charge in [0.15, 0.2) is 0 Å². The second-order valence-corrected chi connectivity index (χ2v) is 6.16. The lowest BCUT2D eigenvalue weighted by Crippen LogP contribution is -2.11. The van der Waals surface area contributed by atoms with E-state index in [1.165, 1.54) is 11.1 Å². The molecule has 1 aromatic carbocycles. The van der Waals surface area contributed by atoms with Gasteiger partial charge in [0.2, 0.25) is 0 Å². The Morgan fingerprint density at radius 2 is 1.76 bits per heavy atom. The fraction of sp³-hybridized carbons (Fsp3) is 0.600. The molecule has 0 fully saturated rings. The minimum Gasteiger partial charge on any atom is -0.383 e. The third-order valence-electron chi connectivity index (χ3n) is 2.91. The summed E-state index contributed by atoms with van der Waals surface area (Å²) in [4.78, 5) is 0. The van der Waals surface area contributed by atoms with Crippen molar-refractivity contribution in [2.45, 2.75) is 44.4 Å². The Balaban J connectivity index is 2.51. The van der Waals surface area contributed by atoms with Gasteiger partial charge in [0.05, 0.1) is 12.0 Å². The van der Waals surface area contributed by atoms with E-state index < -0.39 is 0 Å². The number of hydrogen-bond donors (Lipinski definition) is 0. The van der Waals surface area contributed by atoms with Crippen molar-refractivity contribution in [2.24, 2.45) is 0 Å². The van der Waals surface area contributed by atoms with Gasteiger partial charge in [-0.3, -0.25) is 0 Å². The first-order chi connectivity index (χ1) is 7.93. The molecule has 0 spiro atoms. The summed E-state index contributed by atoms with van der Waals surface area (Å²) >= 11 is 6.11. The van der Waals surface area contributed by atoms with Crippen LogP contribution in [0.5, 0.6) is 0 Å². The lowest BCUT2D eigenvalue weighted by molar-refractivity contribution is 0.195. The fourth-order valence-corrected chi connectivity index (χ4v) is 1.99. The molecule has 17 heavy (non-hydrogen) atoms. The predicted octanol–water partition coefficient (Wildman–Crippen LogP) is 4.17. The molecular formula is C15H23ClO. The molecular weight excluding hydrogens is 232 g/mol. The lowest BCUT2D eigenvalue weighted by Gasteiger charge is -2.19. The SMILES string of the molecule is COCC(Cl)CCc1ccc(C(C)(C)C)cc1. The third-order valence-corrected chi connectivity index (χ3v) is 3.26. The molecule has 0 heterocycles. The zero-order valence-corrected chi connectivity index (χ0v) is 12.1. The fourth-order valence-electron chi connectivity index (χ4n) is 1.76. The maximum atomic E-state index is 6.11. The van der Waals surface area contributed by atoms with Crippen molar-refractivity contribution in [3.63, 3.8) is 0 Å². The zero-order valence-electron chi connectivity index (χ0n) is 11.3. The molecule has 0 saturated heterocycles. The van der Waals surface area contributed by atoms with Gasteiger partial charge >= 0.3 is 0 Å². The number of alkyl halides is 1. The molecule has 0 aromatic heterocycles. The zero-order chi connectivity index (χ0) is 12.9. The van der Waals surface area contributed by atoms with Crippen LogP contribution in [0.25, 0.3) is 0 Å². The van der Waals surface area contributed by atoms with Crippen molar-refractivity contribution in [1.29, 1.82) is 0 Å². The summed E-state index contributed by atoms with van der Waals surface area (Å²) in [5, 5.41) is 0.113. The molecule has 1 aromatic rings. The normalized spacial score (nSPS) is 13.7. The maximum absolute atomic E-state index is 6.11. The van der Waals surface area contributed by atoms with Crippen LogP contribution in [0.3, 0.4) is 0 Å². The summed E-state index contributed by atoms with van der Waals surface area (Å²) in [6, 6.07) is 8.85. The van der Waals surface area contributed by atoms with Gasteiger partial charge in [-0.25, -0.2) is 0 Å². The van der Waals surface area contributed by atoms with Crippen molar-refractivity contribution >= 4 is 11.6 Å². The van der Waals surface area contributed by atoms with Crippen molar-refractivity contribution in [2.75, 3.05) is 13.7 Å². The van der Waals surface area contributed by atoms with E-state index in [0.29, 0.717) is 6.61 Å². The Bertz CT molecular complexity index is 324. The minimum atomic E-state index is 0.113. The van der Waals surface area contributed by atoms with Crippen LogP contribution in [0, 0.1) is 0 Å². The van der Waals surface area contributed by atoms with Gasteiger partial charge < -0.3 is 4.74 Å². The Morgan fingerprint density at radius 3 is 2.24 bits per heavy atom. The van der Waals surface area contributed by atoms with Gasteiger partial charge in [0.1, 0.15) is 0 Å². The van der Waals surface area contributed by atoms with E-state index in [0.717, 1.165) is 12.8 Å². The maximum Gasteiger partial charge on any atom is 0.0626 e. The van der Waals surface area contributed by atoms with Crippen LogP contribution in [0.2, 0.25) is 0 Å². The van der Waals surface area contributed by atoms with Crippen molar-refractivity contribution in [3.05, 3.63) is 35.4 Å². The standard InChI is InChI=1S/C15H23ClO/c1-15(2,3)13-8-5-12(6-9-13)7-10-14(16)11-17-4/h5-6,8-9,14H,7,10-11H2,1-4H3. The third kappa shape index (κ3) is 5.10. The van der Waals surface area contributed by atoms with Gasteiger partial charge in [-0.05, 0) is 29.4 Å². The first-order valence-electron chi connectivity index (χ1n) is 6.16. The smallest absolute Gasteiger partial charge is 0.0626 e. The van der Waals surface area contributed by atoms with Crippen LogP contribution >= 0.6 is 11.6 Å². The van der Waals surface area contributed by atoms with Gasteiger partial charge in [-0.1, -0.05) is 45.0 Å². The average Bonchev–Trinajstić information content (AvgIpc) is 2.26. The summed E-state index contributed by atoms with van der Waals surface area (Å²) in [5.41, 5.74) is 2.95. The Morgan fingerprint density at radius 1 is 1.18 bits per heavy atom. The Labute approximate surface area is 110 Å². The first kappa shape index (κ1) is 14.5. The van der Waals surface area contributed by atoms with E-state index in [4.69, 9.17) is 16.3 Å². The van der Waals surface area contributed by atoms with E-state index in [2.05, 4.69) is 45.0 Å². The molecule has 1 unspecified atom stereocenters. The highest BCUT2D eigenvalue weighted by atomic mass is 35.5. The highest BCUT2D eigenvalue weighted by Crippen LogP contribution is 2.22. The van der Waals surface area contributed by atoms with Gasteiger partial charge in [-0.15, -0.1) is 11.6 Å². The van der Waals surface area contributed by atoms with Crippen molar-refractivity contribution in [3.8, 4) is 0 Å². The van der Waals surface area contributed by atoms with Crippen molar-refractivity contribution < 1.29 is 4.74 Å². The van der Waals surface area contributed by atoms with Crippen LogP contribution in [0.4, 0.5) is 0 Å². The van der Waals surface area contributed by atoms with Crippen LogP contribution in [-0.4, -0.2) is 19.1 Å². The average molecular weight is 255 g/mol. The molecule has 0 amide bonds. The van der Waals surface area contributed by atoms with E-state index in [1.807, 2.05) is 0 Å². The molecule has 1 atom stereocenters. The molecule has 96 valence electrons. The number of rotatable bonds is 5. The van der Waals surface area contributed by atoms with Crippen LogP contribution < -0.4 is 0 Å². The number of methoxy groups -OCH3 is 1. The number of aryl methyl sites for hydroxylation is 1. The molecule has 0 saturated carbocycles. The monoisotopic (exact) mass is 254 g/mol. The number of hydrogen-bond acceptors (Lipinski definition) is 1. The molecule has 2 heteroatoms. The molecule has 1 rings (SSSR count). The second kappa shape index (κ2) is 6.42. The summed E-state index contributed by atoms with van der Waals surface area (Å²) in [7, 11) is 1.69. The quantitative estimate of drug-likeness (QED) is 0.717. The number of benzene rings is 1. The highest BCUT2D eigenvalue weighted by Gasteiger charge is 2.13. The molecule has 0 radical (unpaired) electrons. The molecule has 0 aliphatic carbocycles. The summed E-state index contributed by atoms with van der Waals surface area (Å²) in [6.07, 6.45) is 1.98. The predicted molar refractivity (Wildman–Crippen MR) is 75.0 cm³/mol. The van der Waals surface area contributed by atoms with Gasteiger partial charge in [-0.2, -0.15) is 0 Å². The van der Waals surface area contributed by atoms with Crippen molar-refractivity contribution in [1.82, 2.24) is 0 Å². The molecule has 0 bridgehead atoms. The molecule has 0 N–H and O–H groups in total. The largest absolute Gasteiger partial charge is 0.383 e. The van der Waals surface area contributed by atoms with Crippen LogP contribution in [0.1, 0.15) is 38.3 Å². The minimum absolute atomic E-state index is 0.113. The van der Waals surface area contributed by atoms with E-state index in [-0.39, 0.29) is 10.8 Å². The summed E-state index contributed by atoms with van der Waals surface area (Å²) in [5.74, 6) is 0. The second-order valence-electron chi connectivity index (χ2n) is 5.54. The lowest BCUT2D eigenvalue weighted by atomic mass is 9.86. The molecule has 0 aliphatic heterocycles. The van der Waals surface area contributed by atoms with E-state index in [1.54, 1.807) is 7.11 Å². The van der Waals surface area contributed by atoms with Crippen LogP contribution in [0.15, 0.2) is 24.3 Å². The van der Waals surface area contributed by atoms with Gasteiger partial charge in [0, 0.05) is 7.11 Å². The first-order valence-corrected chi connectivity index (χ1v) is 6.59. The number of halogens is 1. The number of ether oxygens (including phenoxy) is 1. The topological polar surface area (TPSA) is 9.23 Å². The summed E-state index contributed by atoms with van der Waals surface area (Å²) in [6.45, 7) is 7.32. The Kier molecular flexibility index (Phi) is 5.48. The van der Waals surface area contributed by atoms with E-state index >= 15 is 0 Å². The van der Waals surface area contributed by atoms with Gasteiger partial charge in [0.25, 0.3) is 0 Å². The highest BCUT2D eigenvalue weighted by molar-refractivity contribution is 6.20. The summed E-state index contributed by atoms with van der Waals surface area (Å²) < 4.78 is 5.02. The van der Waals surface area contributed by atoms with Crippen LogP contribution in [-0.2, 0) is 16.6 Å². The molecule has 1 nitrogen and oxygen atoms in total. The van der Waals surface area contributed by atoms with E-state index in [9.17, 15) is 0 Å².